The third-order valence-electron chi connectivity index (χ3n) is 4.29. The van der Waals surface area contributed by atoms with Crippen LogP contribution in [0.15, 0.2) is 42.7 Å². The lowest BCUT2D eigenvalue weighted by Crippen LogP contribution is -2.30. The van der Waals surface area contributed by atoms with Gasteiger partial charge in [0.25, 0.3) is 0 Å². The number of hydrogen-bond acceptors (Lipinski definition) is 6. The lowest BCUT2D eigenvalue weighted by Gasteiger charge is -2.21. The highest BCUT2D eigenvalue weighted by Crippen LogP contribution is 2.34. The lowest BCUT2D eigenvalue weighted by molar-refractivity contribution is -0.118. The summed E-state index contributed by atoms with van der Waals surface area (Å²) in [7, 11) is 3.55. The number of nitrogens with zero attached hydrogens (tertiary/aromatic N) is 4. The highest BCUT2D eigenvalue weighted by Gasteiger charge is 2.28. The van der Waals surface area contributed by atoms with E-state index in [1.54, 1.807) is 17.9 Å². The minimum absolute atomic E-state index is 0. The molecule has 0 bridgehead atoms. The van der Waals surface area contributed by atoms with Crippen LogP contribution in [0.5, 0.6) is 0 Å². The molecule has 2 N–H and O–H groups in total. The molecule has 0 radical (unpaired) electrons. The van der Waals surface area contributed by atoms with Crippen LogP contribution >= 0.6 is 23.7 Å². The van der Waals surface area contributed by atoms with Crippen molar-refractivity contribution < 1.29 is 4.79 Å². The summed E-state index contributed by atoms with van der Waals surface area (Å²) in [5.41, 5.74) is 1.66. The molecular weight excluding hydrogens is 384 g/mol. The Labute approximate surface area is 168 Å². The molecule has 0 aliphatic heterocycles. The van der Waals surface area contributed by atoms with E-state index in [-0.39, 0.29) is 23.7 Å². The molecule has 3 aromatic rings. The average Bonchev–Trinajstić information content (AvgIpc) is 3.26. The van der Waals surface area contributed by atoms with Crippen molar-refractivity contribution in [2.45, 2.75) is 25.3 Å². The molecule has 1 atom stereocenters. The average molecular weight is 407 g/mol. The van der Waals surface area contributed by atoms with E-state index in [0.717, 1.165) is 16.1 Å². The number of rotatable bonds is 6. The fraction of sp³-hybridized carbons (Fsp3) is 0.333. The number of halogens is 1. The van der Waals surface area contributed by atoms with Gasteiger partial charge in [-0.2, -0.15) is 5.10 Å². The number of anilines is 1. The molecule has 1 unspecified atom stereocenters. The number of carbonyl (C=O) groups is 1. The van der Waals surface area contributed by atoms with Gasteiger partial charge < -0.3 is 5.32 Å². The molecule has 7 nitrogen and oxygen atoms in total. The van der Waals surface area contributed by atoms with Crippen molar-refractivity contribution in [3.05, 3.63) is 58.9 Å². The fourth-order valence-electron chi connectivity index (χ4n) is 2.72. The number of aromatic nitrogens is 4. The Hall–Kier alpha value is -2.29. The molecule has 0 aliphatic rings. The Balaban J connectivity index is 0.00000261. The largest absolute Gasteiger partial charge is 0.305 e. The Kier molecular flexibility index (Phi) is 6.69. The molecule has 0 spiro atoms. The van der Waals surface area contributed by atoms with Crippen molar-refractivity contribution in [2.75, 3.05) is 12.4 Å². The van der Waals surface area contributed by atoms with Gasteiger partial charge in [0.05, 0.1) is 6.20 Å². The molecule has 9 heteroatoms. The van der Waals surface area contributed by atoms with Gasteiger partial charge in [0.1, 0.15) is 11.0 Å². The summed E-state index contributed by atoms with van der Waals surface area (Å²) in [5, 5.41) is 19.8. The molecule has 0 fully saturated rings. The number of nitrogens with one attached hydrogen (secondary N) is 2. The van der Waals surface area contributed by atoms with Crippen LogP contribution in [0.1, 0.15) is 36.0 Å². The molecule has 2 aromatic heterocycles. The first kappa shape index (κ1) is 21.0. The second-order valence-electron chi connectivity index (χ2n) is 6.56. The highest BCUT2D eigenvalue weighted by atomic mass is 35.5. The highest BCUT2D eigenvalue weighted by molar-refractivity contribution is 7.15. The van der Waals surface area contributed by atoms with Gasteiger partial charge in [-0.15, -0.1) is 22.6 Å². The Bertz CT molecular complexity index is 892. The summed E-state index contributed by atoms with van der Waals surface area (Å²) in [6.45, 7) is 4.20. The predicted molar refractivity (Wildman–Crippen MR) is 109 cm³/mol. The van der Waals surface area contributed by atoms with Crippen molar-refractivity contribution in [2.24, 2.45) is 7.05 Å². The normalized spacial score (nSPS) is 12.3. The van der Waals surface area contributed by atoms with E-state index in [9.17, 15) is 4.79 Å². The number of benzene rings is 1. The molecular formula is C18H23ClN6OS. The van der Waals surface area contributed by atoms with Gasteiger partial charge in [-0.05, 0) is 26.5 Å². The maximum Gasteiger partial charge on any atom is 0.248 e. The van der Waals surface area contributed by atoms with Crippen molar-refractivity contribution >= 4 is 34.8 Å². The summed E-state index contributed by atoms with van der Waals surface area (Å²) in [6.07, 6.45) is 3.48. The zero-order valence-corrected chi connectivity index (χ0v) is 17.3. The van der Waals surface area contributed by atoms with E-state index in [2.05, 4.69) is 51.9 Å². The van der Waals surface area contributed by atoms with Crippen LogP contribution in [-0.4, -0.2) is 32.9 Å². The standard InChI is InChI=1S/C18H22N6OS.ClH/c1-18(2,13-8-6-5-7-9-13)16-22-23-17(26-16)21-15(25)14(19-3)12-10-20-24(4)11-12;/h5-11,14,19H,1-4H3,(H,21,23,25);1H. The summed E-state index contributed by atoms with van der Waals surface area (Å²) < 4.78 is 1.67. The van der Waals surface area contributed by atoms with E-state index in [1.165, 1.54) is 11.3 Å². The quantitative estimate of drug-likeness (QED) is 0.657. The number of aryl methyl sites for hydroxylation is 1. The van der Waals surface area contributed by atoms with Crippen LogP contribution in [0.2, 0.25) is 0 Å². The fourth-order valence-corrected chi connectivity index (χ4v) is 3.59. The van der Waals surface area contributed by atoms with Crippen molar-refractivity contribution in [1.82, 2.24) is 25.3 Å². The Morgan fingerprint density at radius 2 is 1.93 bits per heavy atom. The van der Waals surface area contributed by atoms with Gasteiger partial charge in [-0.25, -0.2) is 0 Å². The molecule has 1 aromatic carbocycles. The first-order valence-corrected chi connectivity index (χ1v) is 9.09. The van der Waals surface area contributed by atoms with Crippen LogP contribution in [0, 0.1) is 0 Å². The van der Waals surface area contributed by atoms with E-state index in [1.807, 2.05) is 31.4 Å². The minimum Gasteiger partial charge on any atom is -0.305 e. The van der Waals surface area contributed by atoms with Gasteiger partial charge in [0.2, 0.25) is 11.0 Å². The second-order valence-corrected chi connectivity index (χ2v) is 7.54. The molecule has 2 heterocycles. The number of hydrogen-bond donors (Lipinski definition) is 2. The predicted octanol–water partition coefficient (Wildman–Crippen LogP) is 2.92. The van der Waals surface area contributed by atoms with Crippen LogP contribution < -0.4 is 10.6 Å². The third kappa shape index (κ3) is 4.52. The lowest BCUT2D eigenvalue weighted by atomic mass is 9.85. The maximum absolute atomic E-state index is 12.6. The monoisotopic (exact) mass is 406 g/mol. The zero-order chi connectivity index (χ0) is 18.7. The summed E-state index contributed by atoms with van der Waals surface area (Å²) >= 11 is 1.39. The van der Waals surface area contributed by atoms with Crippen LogP contribution in [-0.2, 0) is 17.3 Å². The smallest absolute Gasteiger partial charge is 0.248 e. The maximum atomic E-state index is 12.6. The van der Waals surface area contributed by atoms with Gasteiger partial charge in [-0.3, -0.25) is 14.8 Å². The Morgan fingerprint density at radius 1 is 1.22 bits per heavy atom. The summed E-state index contributed by atoms with van der Waals surface area (Å²) in [4.78, 5) is 12.6. The van der Waals surface area contributed by atoms with Crippen LogP contribution in [0.3, 0.4) is 0 Å². The number of likely N-dealkylation sites (N-methyl/N-ethyl adjacent to an activating group) is 1. The first-order valence-electron chi connectivity index (χ1n) is 8.28. The first-order chi connectivity index (χ1) is 12.4. The van der Waals surface area contributed by atoms with Crippen LogP contribution in [0.4, 0.5) is 5.13 Å². The minimum atomic E-state index is -0.502. The van der Waals surface area contributed by atoms with Crippen molar-refractivity contribution in [1.29, 1.82) is 0 Å². The zero-order valence-electron chi connectivity index (χ0n) is 15.6. The molecule has 1 amide bonds. The van der Waals surface area contributed by atoms with Crippen LogP contribution in [0.25, 0.3) is 0 Å². The van der Waals surface area contributed by atoms with E-state index in [4.69, 9.17) is 0 Å². The molecule has 0 saturated carbocycles. The van der Waals surface area contributed by atoms with Crippen molar-refractivity contribution in [3.8, 4) is 0 Å². The van der Waals surface area contributed by atoms with Gasteiger partial charge in [0.15, 0.2) is 0 Å². The number of carbonyl (C=O) groups excluding carboxylic acids is 1. The molecule has 144 valence electrons. The third-order valence-corrected chi connectivity index (χ3v) is 5.46. The Morgan fingerprint density at radius 3 is 2.52 bits per heavy atom. The SMILES string of the molecule is CNC(C(=O)Nc1nnc(C(C)(C)c2ccccc2)s1)c1cnn(C)c1.Cl. The second kappa shape index (κ2) is 8.60. The molecule has 0 aliphatic carbocycles. The van der Waals surface area contributed by atoms with E-state index in [0.29, 0.717) is 5.13 Å². The van der Waals surface area contributed by atoms with Crippen molar-refractivity contribution in [3.63, 3.8) is 0 Å². The summed E-state index contributed by atoms with van der Waals surface area (Å²) in [6, 6.07) is 9.64. The van der Waals surface area contributed by atoms with E-state index >= 15 is 0 Å². The molecule has 0 saturated heterocycles. The molecule has 27 heavy (non-hydrogen) atoms. The van der Waals surface area contributed by atoms with Gasteiger partial charge in [0, 0.05) is 24.2 Å². The van der Waals surface area contributed by atoms with Gasteiger partial charge in [-0.1, -0.05) is 41.7 Å². The van der Waals surface area contributed by atoms with Gasteiger partial charge >= 0.3 is 0 Å². The number of amides is 1. The molecule has 3 rings (SSSR count). The van der Waals surface area contributed by atoms with E-state index < -0.39 is 6.04 Å². The topological polar surface area (TPSA) is 84.7 Å². The summed E-state index contributed by atoms with van der Waals surface area (Å²) in [5.74, 6) is -0.194.